The van der Waals surface area contributed by atoms with Gasteiger partial charge >= 0.3 is 0 Å². The quantitative estimate of drug-likeness (QED) is 0.776. The van der Waals surface area contributed by atoms with Crippen molar-refractivity contribution in [1.29, 1.82) is 0 Å². The Balaban J connectivity index is 1.84. The van der Waals surface area contributed by atoms with E-state index in [0.717, 1.165) is 6.54 Å². The fourth-order valence-electron chi connectivity index (χ4n) is 3.40. The molecule has 2 fully saturated rings. The van der Waals surface area contributed by atoms with E-state index >= 15 is 0 Å². The Morgan fingerprint density at radius 2 is 2.00 bits per heavy atom. The van der Waals surface area contributed by atoms with E-state index < -0.39 is 6.43 Å². The highest BCUT2D eigenvalue weighted by Gasteiger charge is 2.45. The van der Waals surface area contributed by atoms with Gasteiger partial charge in [0.25, 0.3) is 6.43 Å². The monoisotopic (exact) mass is 218 g/mol. The fourth-order valence-corrected chi connectivity index (χ4v) is 3.40. The molecule has 0 amide bonds. The Morgan fingerprint density at radius 3 is 2.53 bits per heavy atom. The van der Waals surface area contributed by atoms with Gasteiger partial charge in [0.05, 0.1) is 6.54 Å². The molecule has 0 heterocycles. The van der Waals surface area contributed by atoms with E-state index in [1.165, 1.54) is 19.3 Å². The lowest BCUT2D eigenvalue weighted by Gasteiger charge is -2.31. The van der Waals surface area contributed by atoms with Crippen LogP contribution in [-0.2, 0) is 0 Å². The lowest BCUT2D eigenvalue weighted by molar-refractivity contribution is 0.0846. The van der Waals surface area contributed by atoms with Crippen molar-refractivity contribution in [3.8, 4) is 0 Å². The lowest BCUT2D eigenvalue weighted by Crippen LogP contribution is -2.42. The molecule has 0 spiro atoms. The maximum Gasteiger partial charge on any atom is 0.251 e. The lowest BCUT2D eigenvalue weighted by atomic mass is 9.84. The van der Waals surface area contributed by atoms with Crippen molar-refractivity contribution < 1.29 is 8.78 Å². The molecule has 88 valence electrons. The zero-order chi connectivity index (χ0) is 11.0. The van der Waals surface area contributed by atoms with Crippen molar-refractivity contribution in [3.63, 3.8) is 0 Å². The van der Waals surface area contributed by atoms with Crippen molar-refractivity contribution in [1.82, 2.24) is 4.90 Å². The molecule has 2 saturated carbocycles. The molecule has 0 aromatic heterocycles. The molecule has 4 heteroatoms. The zero-order valence-electron chi connectivity index (χ0n) is 9.20. The standard InChI is InChI=1S/C11H20F2N2/c1-15(6-10(12)13)5-9-7-2-3-8(4-7)11(9)14/h7-11H,2-6,14H2,1H3. The van der Waals surface area contributed by atoms with Crippen molar-refractivity contribution in [2.75, 3.05) is 20.1 Å². The van der Waals surface area contributed by atoms with E-state index in [4.69, 9.17) is 5.73 Å². The second-order valence-corrected chi connectivity index (χ2v) is 5.19. The van der Waals surface area contributed by atoms with E-state index in [2.05, 4.69) is 0 Å². The minimum Gasteiger partial charge on any atom is -0.327 e. The minimum absolute atomic E-state index is 0.124. The molecule has 0 aromatic rings. The number of hydrogen-bond acceptors (Lipinski definition) is 2. The SMILES string of the molecule is CN(CC(F)F)CC1C2CCC(C2)C1N. The van der Waals surface area contributed by atoms with Crippen molar-refractivity contribution in [3.05, 3.63) is 0 Å². The van der Waals surface area contributed by atoms with Gasteiger partial charge in [-0.3, -0.25) is 0 Å². The van der Waals surface area contributed by atoms with E-state index in [0.29, 0.717) is 17.8 Å². The van der Waals surface area contributed by atoms with Gasteiger partial charge in [0.1, 0.15) is 0 Å². The summed E-state index contributed by atoms with van der Waals surface area (Å²) in [7, 11) is 1.77. The first-order valence-corrected chi connectivity index (χ1v) is 5.80. The number of fused-ring (bicyclic) bond motifs is 2. The van der Waals surface area contributed by atoms with Gasteiger partial charge in [0.2, 0.25) is 0 Å². The second-order valence-electron chi connectivity index (χ2n) is 5.19. The van der Waals surface area contributed by atoms with E-state index in [1.54, 1.807) is 11.9 Å². The Hall–Kier alpha value is -0.220. The molecule has 15 heavy (non-hydrogen) atoms. The minimum atomic E-state index is -2.23. The third-order valence-electron chi connectivity index (χ3n) is 4.13. The van der Waals surface area contributed by atoms with Crippen molar-refractivity contribution in [2.45, 2.75) is 31.7 Å². The van der Waals surface area contributed by atoms with E-state index in [1.807, 2.05) is 0 Å². The molecule has 0 radical (unpaired) electrons. The van der Waals surface area contributed by atoms with Gasteiger partial charge in [-0.25, -0.2) is 8.78 Å². The van der Waals surface area contributed by atoms with E-state index in [-0.39, 0.29) is 12.6 Å². The second kappa shape index (κ2) is 4.34. The normalized spacial score (nSPS) is 39.6. The molecule has 2 aliphatic carbocycles. The van der Waals surface area contributed by atoms with Crippen LogP contribution in [0.2, 0.25) is 0 Å². The van der Waals surface area contributed by atoms with Crippen LogP contribution in [0.4, 0.5) is 8.78 Å². The molecular weight excluding hydrogens is 198 g/mol. The van der Waals surface area contributed by atoms with Crippen LogP contribution < -0.4 is 5.73 Å². The predicted molar refractivity (Wildman–Crippen MR) is 55.8 cm³/mol. The summed E-state index contributed by atoms with van der Waals surface area (Å²) in [4.78, 5) is 1.73. The molecule has 2 rings (SSSR count). The van der Waals surface area contributed by atoms with Crippen LogP contribution in [-0.4, -0.2) is 37.5 Å². The number of alkyl halides is 2. The summed E-state index contributed by atoms with van der Waals surface area (Å²) in [5.41, 5.74) is 6.13. The summed E-state index contributed by atoms with van der Waals surface area (Å²) in [6, 6.07) is 0.254. The van der Waals surface area contributed by atoms with Gasteiger partial charge < -0.3 is 10.6 Å². The number of hydrogen-bond donors (Lipinski definition) is 1. The van der Waals surface area contributed by atoms with Crippen molar-refractivity contribution >= 4 is 0 Å². The maximum absolute atomic E-state index is 12.2. The Kier molecular flexibility index (Phi) is 3.26. The summed E-state index contributed by atoms with van der Waals surface area (Å²) >= 11 is 0. The first-order valence-electron chi connectivity index (χ1n) is 5.80. The molecule has 4 unspecified atom stereocenters. The van der Waals surface area contributed by atoms with Crippen molar-refractivity contribution in [2.24, 2.45) is 23.5 Å². The Bertz CT molecular complexity index is 221. The van der Waals surface area contributed by atoms with Crippen LogP contribution in [0.5, 0.6) is 0 Å². The van der Waals surface area contributed by atoms with Gasteiger partial charge in [-0.05, 0) is 44.1 Å². The summed E-state index contributed by atoms with van der Waals surface area (Å²) in [5.74, 6) is 1.82. The molecule has 2 bridgehead atoms. The molecule has 0 aliphatic heterocycles. The molecule has 2 aliphatic rings. The van der Waals surface area contributed by atoms with Crippen LogP contribution in [0.25, 0.3) is 0 Å². The largest absolute Gasteiger partial charge is 0.327 e. The maximum atomic E-state index is 12.2. The summed E-state index contributed by atoms with van der Waals surface area (Å²) < 4.78 is 24.3. The highest BCUT2D eigenvalue weighted by molar-refractivity contribution is 4.99. The number of halogens is 2. The molecule has 2 N–H and O–H groups in total. The summed E-state index contributed by atoms with van der Waals surface area (Å²) in [6.45, 7) is 0.618. The number of nitrogens with zero attached hydrogens (tertiary/aromatic N) is 1. The topological polar surface area (TPSA) is 29.3 Å². The van der Waals surface area contributed by atoms with E-state index in [9.17, 15) is 8.78 Å². The first-order chi connectivity index (χ1) is 7.08. The molecule has 0 aromatic carbocycles. The first kappa shape index (κ1) is 11.3. The van der Waals surface area contributed by atoms with Gasteiger partial charge in [0.15, 0.2) is 0 Å². The smallest absolute Gasteiger partial charge is 0.251 e. The average Bonchev–Trinajstić information content (AvgIpc) is 2.68. The average molecular weight is 218 g/mol. The molecule has 4 atom stereocenters. The van der Waals surface area contributed by atoms with Gasteiger partial charge in [-0.2, -0.15) is 0 Å². The van der Waals surface area contributed by atoms with Crippen LogP contribution in [0.1, 0.15) is 19.3 Å². The molecular formula is C11H20F2N2. The predicted octanol–water partition coefficient (Wildman–Crippen LogP) is 1.56. The van der Waals surface area contributed by atoms with Gasteiger partial charge in [-0.15, -0.1) is 0 Å². The zero-order valence-corrected chi connectivity index (χ0v) is 9.20. The summed E-state index contributed by atoms with van der Waals surface area (Å²) in [6.07, 6.45) is 1.51. The Morgan fingerprint density at radius 1 is 1.33 bits per heavy atom. The van der Waals surface area contributed by atoms with Crippen LogP contribution in [0.15, 0.2) is 0 Å². The third-order valence-corrected chi connectivity index (χ3v) is 4.13. The van der Waals surface area contributed by atoms with Gasteiger partial charge in [0, 0.05) is 12.6 Å². The number of nitrogens with two attached hydrogens (primary N) is 1. The van der Waals surface area contributed by atoms with Gasteiger partial charge in [-0.1, -0.05) is 0 Å². The van der Waals surface area contributed by atoms with Crippen LogP contribution in [0.3, 0.4) is 0 Å². The molecule has 0 saturated heterocycles. The fraction of sp³-hybridized carbons (Fsp3) is 1.00. The highest BCUT2D eigenvalue weighted by Crippen LogP contribution is 2.47. The Labute approximate surface area is 89.8 Å². The third kappa shape index (κ3) is 2.31. The van der Waals surface area contributed by atoms with Crippen LogP contribution in [0, 0.1) is 17.8 Å². The highest BCUT2D eigenvalue weighted by atomic mass is 19.3. The molecule has 2 nitrogen and oxygen atoms in total. The van der Waals surface area contributed by atoms with Crippen LogP contribution >= 0.6 is 0 Å². The number of rotatable bonds is 4. The summed E-state index contributed by atoms with van der Waals surface area (Å²) in [5, 5.41) is 0.